The topological polar surface area (TPSA) is 38.1 Å². The lowest BCUT2D eigenvalue weighted by atomic mass is 9.77. The molecular weight excluding hydrogens is 422 g/mol. The summed E-state index contributed by atoms with van der Waals surface area (Å²) in [5.41, 5.74) is 1.64. The highest BCUT2D eigenvalue weighted by Gasteiger charge is 2.32. The molecule has 0 N–H and O–H groups in total. The van der Waals surface area contributed by atoms with Crippen LogP contribution >= 0.6 is 0 Å². The summed E-state index contributed by atoms with van der Waals surface area (Å²) in [7, 11) is 1.57. The third-order valence-electron chi connectivity index (χ3n) is 6.32. The Morgan fingerprint density at radius 3 is 2.44 bits per heavy atom. The van der Waals surface area contributed by atoms with Crippen molar-refractivity contribution < 1.29 is 17.6 Å². The SMILES string of the molecule is Cc1nc2ccc(N(C)CCC(F)(F)F)cc2c(=O)n1C(c1ccc(F)cc1)C1CCC1. The third-order valence-corrected chi connectivity index (χ3v) is 6.32. The van der Waals surface area contributed by atoms with Crippen molar-refractivity contribution in [3.05, 3.63) is 70.0 Å². The average molecular weight is 447 g/mol. The largest absolute Gasteiger partial charge is 0.390 e. The van der Waals surface area contributed by atoms with Gasteiger partial charge in [0.2, 0.25) is 0 Å². The molecule has 0 saturated heterocycles. The smallest absolute Gasteiger partial charge is 0.374 e. The van der Waals surface area contributed by atoms with Crippen LogP contribution in [0, 0.1) is 18.7 Å². The maximum atomic E-state index is 13.6. The Morgan fingerprint density at radius 2 is 1.84 bits per heavy atom. The molecule has 0 amide bonds. The number of alkyl halides is 3. The Kier molecular flexibility index (Phi) is 5.97. The molecule has 0 bridgehead atoms. The highest BCUT2D eigenvalue weighted by atomic mass is 19.4. The number of anilines is 1. The van der Waals surface area contributed by atoms with E-state index in [1.807, 2.05) is 0 Å². The van der Waals surface area contributed by atoms with E-state index in [0.29, 0.717) is 22.4 Å². The molecule has 4 rings (SSSR count). The number of hydrogen-bond acceptors (Lipinski definition) is 3. The van der Waals surface area contributed by atoms with Crippen molar-refractivity contribution in [3.63, 3.8) is 0 Å². The number of rotatable bonds is 6. The van der Waals surface area contributed by atoms with Crippen molar-refractivity contribution in [2.24, 2.45) is 5.92 Å². The third kappa shape index (κ3) is 4.49. The summed E-state index contributed by atoms with van der Waals surface area (Å²) in [6.07, 6.45) is -2.18. The molecule has 3 aromatic rings. The van der Waals surface area contributed by atoms with Crippen LogP contribution in [-0.2, 0) is 0 Å². The quantitative estimate of drug-likeness (QED) is 0.460. The molecule has 0 aliphatic heterocycles. The first-order valence-corrected chi connectivity index (χ1v) is 10.7. The standard InChI is InChI=1S/C24H25F4N3O/c1-15-29-21-11-10-19(30(2)13-12-24(26,27)28)14-20(21)23(32)31(15)22(16-4-3-5-16)17-6-8-18(25)9-7-17/h6-11,14,16,22H,3-5,12-13H2,1-2H3. The molecule has 1 saturated carbocycles. The second-order valence-electron chi connectivity index (χ2n) is 8.51. The second kappa shape index (κ2) is 8.56. The normalized spacial score (nSPS) is 15.6. The predicted molar refractivity (Wildman–Crippen MR) is 117 cm³/mol. The molecule has 1 fully saturated rings. The van der Waals surface area contributed by atoms with Crippen molar-refractivity contribution in [2.45, 2.75) is 44.8 Å². The zero-order valence-electron chi connectivity index (χ0n) is 18.0. The van der Waals surface area contributed by atoms with Gasteiger partial charge in [-0.1, -0.05) is 18.6 Å². The molecule has 2 aromatic carbocycles. The van der Waals surface area contributed by atoms with Gasteiger partial charge < -0.3 is 4.90 Å². The van der Waals surface area contributed by atoms with Gasteiger partial charge in [-0.15, -0.1) is 0 Å². The van der Waals surface area contributed by atoms with Crippen molar-refractivity contribution in [3.8, 4) is 0 Å². The molecule has 32 heavy (non-hydrogen) atoms. The highest BCUT2D eigenvalue weighted by Crippen LogP contribution is 2.40. The predicted octanol–water partition coefficient (Wildman–Crippen LogP) is 5.62. The van der Waals surface area contributed by atoms with Gasteiger partial charge in [0.25, 0.3) is 5.56 Å². The van der Waals surface area contributed by atoms with Crippen LogP contribution in [-0.4, -0.2) is 29.3 Å². The molecule has 170 valence electrons. The minimum atomic E-state index is -4.25. The van der Waals surface area contributed by atoms with Gasteiger partial charge in [0, 0.05) is 19.3 Å². The summed E-state index contributed by atoms with van der Waals surface area (Å²) in [5.74, 6) is 0.462. The number of aryl methyl sites for hydroxylation is 1. The number of nitrogens with zero attached hydrogens (tertiary/aromatic N) is 3. The van der Waals surface area contributed by atoms with Crippen molar-refractivity contribution in [1.82, 2.24) is 9.55 Å². The minimum absolute atomic E-state index is 0.206. The fourth-order valence-electron chi connectivity index (χ4n) is 4.33. The number of halogens is 4. The van der Waals surface area contributed by atoms with Crippen molar-refractivity contribution in [1.29, 1.82) is 0 Å². The molecule has 0 spiro atoms. The summed E-state index contributed by atoms with van der Waals surface area (Å²) in [4.78, 5) is 19.7. The van der Waals surface area contributed by atoms with E-state index < -0.39 is 12.6 Å². The van der Waals surface area contributed by atoms with Gasteiger partial charge in [-0.2, -0.15) is 13.2 Å². The number of hydrogen-bond donors (Lipinski definition) is 0. The Hall–Kier alpha value is -2.90. The second-order valence-corrected chi connectivity index (χ2v) is 8.51. The summed E-state index contributed by atoms with van der Waals surface area (Å²) >= 11 is 0. The van der Waals surface area contributed by atoms with Crippen LogP contribution in [0.3, 0.4) is 0 Å². The molecule has 1 unspecified atom stereocenters. The first-order chi connectivity index (χ1) is 15.1. The van der Waals surface area contributed by atoms with E-state index in [9.17, 15) is 22.4 Å². The number of benzene rings is 2. The molecular formula is C24H25F4N3O. The van der Waals surface area contributed by atoms with E-state index in [4.69, 9.17) is 0 Å². The van der Waals surface area contributed by atoms with Crippen molar-refractivity contribution >= 4 is 16.6 Å². The van der Waals surface area contributed by atoms with Crippen LogP contribution in [0.15, 0.2) is 47.3 Å². The van der Waals surface area contributed by atoms with Gasteiger partial charge in [0.05, 0.1) is 23.4 Å². The molecule has 1 aliphatic carbocycles. The van der Waals surface area contributed by atoms with Gasteiger partial charge >= 0.3 is 6.18 Å². The molecule has 8 heteroatoms. The summed E-state index contributed by atoms with van der Waals surface area (Å²) in [5, 5.41) is 0.360. The zero-order valence-corrected chi connectivity index (χ0v) is 18.0. The number of aromatic nitrogens is 2. The lowest BCUT2D eigenvalue weighted by Crippen LogP contribution is -2.35. The van der Waals surface area contributed by atoms with Gasteiger partial charge in [-0.3, -0.25) is 9.36 Å². The molecule has 1 heterocycles. The van der Waals surface area contributed by atoms with Gasteiger partial charge in [0.1, 0.15) is 11.6 Å². The molecule has 1 aliphatic rings. The van der Waals surface area contributed by atoms with Gasteiger partial charge in [-0.05, 0) is 61.6 Å². The summed E-state index contributed by atoms with van der Waals surface area (Å²) in [6.45, 7) is 1.57. The fourth-order valence-corrected chi connectivity index (χ4v) is 4.33. The first kappa shape index (κ1) is 22.3. The lowest BCUT2D eigenvalue weighted by molar-refractivity contribution is -0.132. The Labute approximate surface area is 183 Å². The van der Waals surface area contributed by atoms with Crippen LogP contribution < -0.4 is 10.5 Å². The Bertz CT molecular complexity index is 1170. The van der Waals surface area contributed by atoms with Gasteiger partial charge in [-0.25, -0.2) is 9.37 Å². The van der Waals surface area contributed by atoms with E-state index >= 15 is 0 Å². The zero-order chi connectivity index (χ0) is 23.0. The maximum absolute atomic E-state index is 13.6. The number of fused-ring (bicyclic) bond motifs is 1. The van der Waals surface area contributed by atoms with Crippen molar-refractivity contribution in [2.75, 3.05) is 18.5 Å². The Morgan fingerprint density at radius 1 is 1.16 bits per heavy atom. The molecule has 1 atom stereocenters. The van der Waals surface area contributed by atoms with Crippen LogP contribution in [0.25, 0.3) is 10.9 Å². The van der Waals surface area contributed by atoms with E-state index in [1.165, 1.54) is 17.0 Å². The van der Waals surface area contributed by atoms with Crippen LogP contribution in [0.5, 0.6) is 0 Å². The summed E-state index contributed by atoms with van der Waals surface area (Å²) in [6, 6.07) is 10.9. The van der Waals surface area contributed by atoms with Crippen LogP contribution in [0.1, 0.15) is 43.1 Å². The van der Waals surface area contributed by atoms with E-state index in [-0.39, 0.29) is 29.9 Å². The average Bonchev–Trinajstić information content (AvgIpc) is 2.70. The molecule has 1 aromatic heterocycles. The van der Waals surface area contributed by atoms with Crippen LogP contribution in [0.2, 0.25) is 0 Å². The first-order valence-electron chi connectivity index (χ1n) is 10.7. The lowest BCUT2D eigenvalue weighted by Gasteiger charge is -2.36. The van der Waals surface area contributed by atoms with Crippen LogP contribution in [0.4, 0.5) is 23.2 Å². The maximum Gasteiger partial charge on any atom is 0.390 e. The van der Waals surface area contributed by atoms with Gasteiger partial charge in [0.15, 0.2) is 0 Å². The monoisotopic (exact) mass is 447 g/mol. The van der Waals surface area contributed by atoms with E-state index in [0.717, 1.165) is 24.8 Å². The minimum Gasteiger partial charge on any atom is -0.374 e. The highest BCUT2D eigenvalue weighted by molar-refractivity contribution is 5.82. The summed E-state index contributed by atoms with van der Waals surface area (Å²) < 4.78 is 53.0. The van der Waals surface area contributed by atoms with E-state index in [1.54, 1.807) is 48.9 Å². The Balaban J connectivity index is 1.78. The fraction of sp³-hybridized carbons (Fsp3) is 0.417. The van der Waals surface area contributed by atoms with E-state index in [2.05, 4.69) is 4.98 Å². The molecule has 0 radical (unpaired) electrons. The molecule has 4 nitrogen and oxygen atoms in total.